The quantitative estimate of drug-likeness (QED) is 0.470. The predicted octanol–water partition coefficient (Wildman–Crippen LogP) is 4.77. The average Bonchev–Trinajstić information content (AvgIpc) is 2.69. The topological polar surface area (TPSA) is 84.5 Å². The van der Waals surface area contributed by atoms with Crippen molar-refractivity contribution in [2.75, 3.05) is 10.6 Å². The highest BCUT2D eigenvalue weighted by atomic mass is 35.5. The van der Waals surface area contributed by atoms with E-state index in [2.05, 4.69) is 10.6 Å². The zero-order chi connectivity index (χ0) is 20.8. The molecule has 0 heterocycles. The summed E-state index contributed by atoms with van der Waals surface area (Å²) in [5, 5.41) is 5.86. The van der Waals surface area contributed by atoms with Crippen LogP contribution in [0.1, 0.15) is 27.6 Å². The second kappa shape index (κ2) is 9.03. The van der Waals surface area contributed by atoms with Crippen molar-refractivity contribution >= 4 is 40.8 Å². The smallest absolute Gasteiger partial charge is 0.308 e. The summed E-state index contributed by atoms with van der Waals surface area (Å²) in [7, 11) is 0. The molecule has 7 heteroatoms. The number of anilines is 2. The Morgan fingerprint density at radius 3 is 2.03 bits per heavy atom. The highest BCUT2D eigenvalue weighted by Gasteiger charge is 2.11. The molecule has 0 fully saturated rings. The number of halogens is 1. The van der Waals surface area contributed by atoms with E-state index in [1.165, 1.54) is 13.0 Å². The molecule has 0 bridgehead atoms. The van der Waals surface area contributed by atoms with Gasteiger partial charge in [0.25, 0.3) is 11.8 Å². The second-order valence-electron chi connectivity index (χ2n) is 6.09. The summed E-state index contributed by atoms with van der Waals surface area (Å²) in [6.45, 7) is 1.29. The fourth-order valence-electron chi connectivity index (χ4n) is 2.55. The number of ether oxygens (including phenoxy) is 1. The SMILES string of the molecule is CC(=O)Oc1cccc(C(=O)Nc2ccc(NC(=O)c3ccccc3Cl)cc2)c1. The van der Waals surface area contributed by atoms with E-state index in [1.807, 2.05) is 0 Å². The third-order valence-electron chi connectivity index (χ3n) is 3.88. The molecule has 6 nitrogen and oxygen atoms in total. The fourth-order valence-corrected chi connectivity index (χ4v) is 2.77. The Morgan fingerprint density at radius 2 is 1.41 bits per heavy atom. The lowest BCUT2D eigenvalue weighted by Gasteiger charge is -2.09. The first kappa shape index (κ1) is 20.1. The van der Waals surface area contributed by atoms with Gasteiger partial charge in [-0.2, -0.15) is 0 Å². The highest BCUT2D eigenvalue weighted by molar-refractivity contribution is 6.34. The summed E-state index contributed by atoms with van der Waals surface area (Å²) >= 11 is 6.03. The van der Waals surface area contributed by atoms with Gasteiger partial charge in [-0.05, 0) is 54.6 Å². The summed E-state index contributed by atoms with van der Waals surface area (Å²) in [5.74, 6) is -0.846. The van der Waals surface area contributed by atoms with Gasteiger partial charge in [-0.3, -0.25) is 14.4 Å². The van der Waals surface area contributed by atoms with Crippen molar-refractivity contribution in [3.05, 3.63) is 88.9 Å². The van der Waals surface area contributed by atoms with Gasteiger partial charge in [-0.25, -0.2) is 0 Å². The number of carbonyl (C=O) groups excluding carboxylic acids is 3. The molecule has 3 aromatic carbocycles. The molecule has 29 heavy (non-hydrogen) atoms. The van der Waals surface area contributed by atoms with Crippen LogP contribution in [0.5, 0.6) is 5.75 Å². The molecule has 146 valence electrons. The third kappa shape index (κ3) is 5.43. The summed E-state index contributed by atoms with van der Waals surface area (Å²) in [5.41, 5.74) is 1.83. The van der Waals surface area contributed by atoms with Gasteiger partial charge in [0.1, 0.15) is 5.75 Å². The van der Waals surface area contributed by atoms with E-state index in [0.717, 1.165) is 0 Å². The standard InChI is InChI=1S/C22H17ClN2O4/c1-14(26)29-18-6-4-5-15(13-18)21(27)24-16-9-11-17(12-10-16)25-22(28)19-7-2-3-8-20(19)23/h2-13H,1H3,(H,24,27)(H,25,28). The van der Waals surface area contributed by atoms with Crippen molar-refractivity contribution < 1.29 is 19.1 Å². The molecule has 0 unspecified atom stereocenters. The largest absolute Gasteiger partial charge is 0.427 e. The Morgan fingerprint density at radius 1 is 0.793 bits per heavy atom. The first-order chi connectivity index (χ1) is 13.9. The minimum absolute atomic E-state index is 0.294. The molecule has 0 atom stereocenters. The van der Waals surface area contributed by atoms with E-state index in [0.29, 0.717) is 33.3 Å². The molecule has 0 aliphatic rings. The maximum atomic E-state index is 12.4. The number of benzene rings is 3. The number of amides is 2. The molecule has 0 aliphatic heterocycles. The molecule has 0 spiro atoms. The monoisotopic (exact) mass is 408 g/mol. The van der Waals surface area contributed by atoms with E-state index in [-0.39, 0.29) is 11.8 Å². The zero-order valence-corrected chi connectivity index (χ0v) is 16.2. The van der Waals surface area contributed by atoms with E-state index in [4.69, 9.17) is 16.3 Å². The third-order valence-corrected chi connectivity index (χ3v) is 4.21. The summed E-state index contributed by atoms with van der Waals surface area (Å²) in [4.78, 5) is 35.7. The molecule has 0 aliphatic carbocycles. The normalized spacial score (nSPS) is 10.1. The van der Waals surface area contributed by atoms with Gasteiger partial charge in [0.05, 0.1) is 10.6 Å². The number of nitrogens with one attached hydrogen (secondary N) is 2. The van der Waals surface area contributed by atoms with Crippen LogP contribution in [0.15, 0.2) is 72.8 Å². The molecule has 0 aromatic heterocycles. The Hall–Kier alpha value is -3.64. The first-order valence-corrected chi connectivity index (χ1v) is 9.06. The lowest BCUT2D eigenvalue weighted by atomic mass is 10.2. The number of rotatable bonds is 5. The molecule has 2 amide bonds. The van der Waals surface area contributed by atoms with Gasteiger partial charge in [0, 0.05) is 23.9 Å². The zero-order valence-electron chi connectivity index (χ0n) is 15.4. The van der Waals surface area contributed by atoms with Crippen LogP contribution in [0.3, 0.4) is 0 Å². The van der Waals surface area contributed by atoms with Crippen LogP contribution in [0.4, 0.5) is 11.4 Å². The Balaban J connectivity index is 1.65. The molecular formula is C22H17ClN2O4. The van der Waals surface area contributed by atoms with Crippen LogP contribution in [0, 0.1) is 0 Å². The van der Waals surface area contributed by atoms with E-state index < -0.39 is 5.97 Å². The molecular weight excluding hydrogens is 392 g/mol. The van der Waals surface area contributed by atoms with Gasteiger partial charge in [0.15, 0.2) is 0 Å². The number of carbonyl (C=O) groups is 3. The van der Waals surface area contributed by atoms with Crippen molar-refractivity contribution in [2.24, 2.45) is 0 Å². The average molecular weight is 409 g/mol. The Bertz CT molecular complexity index is 1060. The highest BCUT2D eigenvalue weighted by Crippen LogP contribution is 2.20. The lowest BCUT2D eigenvalue weighted by molar-refractivity contribution is -0.131. The van der Waals surface area contributed by atoms with Crippen molar-refractivity contribution in [2.45, 2.75) is 6.92 Å². The number of esters is 1. The van der Waals surface area contributed by atoms with Gasteiger partial charge >= 0.3 is 5.97 Å². The van der Waals surface area contributed by atoms with Crippen molar-refractivity contribution in [3.8, 4) is 5.75 Å². The minimum Gasteiger partial charge on any atom is -0.427 e. The minimum atomic E-state index is -0.461. The molecule has 3 rings (SSSR count). The molecule has 0 saturated carbocycles. The first-order valence-electron chi connectivity index (χ1n) is 8.68. The summed E-state index contributed by atoms with van der Waals surface area (Å²) in [6.07, 6.45) is 0. The van der Waals surface area contributed by atoms with Crippen LogP contribution < -0.4 is 15.4 Å². The maximum Gasteiger partial charge on any atom is 0.308 e. The van der Waals surface area contributed by atoms with Crippen LogP contribution in [-0.4, -0.2) is 17.8 Å². The van der Waals surface area contributed by atoms with Gasteiger partial charge in [0.2, 0.25) is 0 Å². The van der Waals surface area contributed by atoms with Crippen LogP contribution in [0.25, 0.3) is 0 Å². The van der Waals surface area contributed by atoms with Crippen molar-refractivity contribution in [1.29, 1.82) is 0 Å². The maximum absolute atomic E-state index is 12.4. The van der Waals surface area contributed by atoms with Crippen LogP contribution >= 0.6 is 11.6 Å². The molecule has 0 saturated heterocycles. The van der Waals surface area contributed by atoms with Gasteiger partial charge in [-0.1, -0.05) is 29.8 Å². The van der Waals surface area contributed by atoms with Gasteiger partial charge < -0.3 is 15.4 Å². The van der Waals surface area contributed by atoms with Crippen molar-refractivity contribution in [1.82, 2.24) is 0 Å². The Kier molecular flexibility index (Phi) is 6.26. The van der Waals surface area contributed by atoms with Crippen molar-refractivity contribution in [3.63, 3.8) is 0 Å². The molecule has 3 aromatic rings. The van der Waals surface area contributed by atoms with E-state index >= 15 is 0 Å². The predicted molar refractivity (Wildman–Crippen MR) is 112 cm³/mol. The number of hydrogen-bond donors (Lipinski definition) is 2. The number of hydrogen-bond acceptors (Lipinski definition) is 4. The molecule has 0 radical (unpaired) electrons. The lowest BCUT2D eigenvalue weighted by Crippen LogP contribution is -2.13. The molecule has 2 N–H and O–H groups in total. The van der Waals surface area contributed by atoms with Crippen LogP contribution in [-0.2, 0) is 4.79 Å². The van der Waals surface area contributed by atoms with E-state index in [9.17, 15) is 14.4 Å². The van der Waals surface area contributed by atoms with E-state index in [1.54, 1.807) is 66.7 Å². The summed E-state index contributed by atoms with van der Waals surface area (Å²) < 4.78 is 4.98. The van der Waals surface area contributed by atoms with Crippen LogP contribution in [0.2, 0.25) is 5.02 Å². The second-order valence-corrected chi connectivity index (χ2v) is 6.49. The van der Waals surface area contributed by atoms with Gasteiger partial charge in [-0.15, -0.1) is 0 Å². The summed E-state index contributed by atoms with van der Waals surface area (Å²) in [6, 6.07) is 19.7. The Labute approximate surface area is 172 Å². The fraction of sp³-hybridized carbons (Fsp3) is 0.0455.